The molecular formula is C6H13O3P. The molecule has 4 heteroatoms. The van der Waals surface area contributed by atoms with Crippen molar-refractivity contribution in [1.82, 2.24) is 0 Å². The summed E-state index contributed by atoms with van der Waals surface area (Å²) in [5.41, 5.74) is 0. The van der Waals surface area contributed by atoms with Crippen LogP contribution in [0.2, 0.25) is 0 Å². The molecule has 1 aliphatic rings. The molecule has 1 saturated heterocycles. The Kier molecular flexibility index (Phi) is 4.23. The molecule has 10 heavy (non-hydrogen) atoms. The van der Waals surface area contributed by atoms with E-state index in [1.807, 2.05) is 0 Å². The fraction of sp³-hybridized carbons (Fsp3) is 1.00. The van der Waals surface area contributed by atoms with Crippen molar-refractivity contribution in [2.75, 3.05) is 19.8 Å². The number of hydrogen-bond donors (Lipinski definition) is 0. The van der Waals surface area contributed by atoms with Crippen LogP contribution in [0.25, 0.3) is 0 Å². The first kappa shape index (κ1) is 8.41. The standard InChI is InChI=1S/C6H13O3P/c1-2-4-7-10-8-5-3-6-9-10/h2-6H2,1H3. The third-order valence-electron chi connectivity index (χ3n) is 1.08. The van der Waals surface area contributed by atoms with Crippen molar-refractivity contribution in [2.45, 2.75) is 19.8 Å². The van der Waals surface area contributed by atoms with Gasteiger partial charge in [0.25, 0.3) is 0 Å². The van der Waals surface area contributed by atoms with E-state index >= 15 is 0 Å². The van der Waals surface area contributed by atoms with Crippen LogP contribution in [0.1, 0.15) is 19.8 Å². The Bertz CT molecular complexity index is 83.1. The van der Waals surface area contributed by atoms with Gasteiger partial charge in [-0.15, -0.1) is 0 Å². The van der Waals surface area contributed by atoms with Gasteiger partial charge in [-0.2, -0.15) is 0 Å². The van der Waals surface area contributed by atoms with Gasteiger partial charge in [-0.25, -0.2) is 0 Å². The molecule has 0 aromatic rings. The smallest absolute Gasteiger partial charge is 0.312 e. The largest absolute Gasteiger partial charge is 0.332 e. The van der Waals surface area contributed by atoms with Crippen LogP contribution in [-0.4, -0.2) is 19.8 Å². The zero-order valence-corrected chi connectivity index (χ0v) is 7.10. The molecule has 0 saturated carbocycles. The summed E-state index contributed by atoms with van der Waals surface area (Å²) in [6.45, 7) is 4.38. The molecule has 0 amide bonds. The van der Waals surface area contributed by atoms with Crippen LogP contribution >= 0.6 is 8.60 Å². The van der Waals surface area contributed by atoms with E-state index in [1.165, 1.54) is 0 Å². The van der Waals surface area contributed by atoms with E-state index in [0.717, 1.165) is 32.7 Å². The van der Waals surface area contributed by atoms with Crippen LogP contribution in [0.5, 0.6) is 0 Å². The molecule has 0 radical (unpaired) electrons. The molecule has 3 nitrogen and oxygen atoms in total. The molecule has 0 atom stereocenters. The normalized spacial score (nSPS) is 21.3. The average Bonchev–Trinajstić information content (AvgIpc) is 2.03. The van der Waals surface area contributed by atoms with Crippen molar-refractivity contribution in [3.05, 3.63) is 0 Å². The van der Waals surface area contributed by atoms with Gasteiger partial charge in [-0.3, -0.25) is 0 Å². The molecular weight excluding hydrogens is 151 g/mol. The summed E-state index contributed by atoms with van der Waals surface area (Å²) in [5, 5.41) is 0. The van der Waals surface area contributed by atoms with E-state index in [0.29, 0.717) is 0 Å². The minimum absolute atomic E-state index is 0.742. The SMILES string of the molecule is CCCOP1OCCCO1. The van der Waals surface area contributed by atoms with E-state index in [1.54, 1.807) is 0 Å². The van der Waals surface area contributed by atoms with Crippen LogP contribution in [0.3, 0.4) is 0 Å². The predicted molar refractivity (Wildman–Crippen MR) is 39.7 cm³/mol. The van der Waals surface area contributed by atoms with Crippen molar-refractivity contribution in [3.8, 4) is 0 Å². The lowest BCUT2D eigenvalue weighted by Crippen LogP contribution is -2.06. The Balaban J connectivity index is 2.02. The average molecular weight is 164 g/mol. The third kappa shape index (κ3) is 2.93. The highest BCUT2D eigenvalue weighted by Gasteiger charge is 2.15. The summed E-state index contributed by atoms with van der Waals surface area (Å²) in [6.07, 6.45) is 2.01. The summed E-state index contributed by atoms with van der Waals surface area (Å²) < 4.78 is 15.7. The highest BCUT2D eigenvalue weighted by Crippen LogP contribution is 2.42. The van der Waals surface area contributed by atoms with Gasteiger partial charge in [0.2, 0.25) is 0 Å². The number of rotatable bonds is 3. The fourth-order valence-electron chi connectivity index (χ4n) is 0.615. The molecule has 60 valence electrons. The molecule has 0 aliphatic carbocycles. The molecule has 0 N–H and O–H groups in total. The van der Waals surface area contributed by atoms with Gasteiger partial charge >= 0.3 is 8.60 Å². The van der Waals surface area contributed by atoms with Crippen molar-refractivity contribution in [3.63, 3.8) is 0 Å². The van der Waals surface area contributed by atoms with Gasteiger partial charge in [-0.05, 0) is 12.8 Å². The summed E-state index contributed by atoms with van der Waals surface area (Å²) >= 11 is 0. The Hall–Kier alpha value is 0.310. The molecule has 1 heterocycles. The lowest BCUT2D eigenvalue weighted by Gasteiger charge is -2.20. The van der Waals surface area contributed by atoms with Crippen molar-refractivity contribution >= 4 is 8.60 Å². The lowest BCUT2D eigenvalue weighted by molar-refractivity contribution is 0.115. The summed E-state index contributed by atoms with van der Waals surface area (Å²) in [5.74, 6) is 0. The monoisotopic (exact) mass is 164 g/mol. The van der Waals surface area contributed by atoms with Crippen molar-refractivity contribution in [1.29, 1.82) is 0 Å². The van der Waals surface area contributed by atoms with Crippen LogP contribution < -0.4 is 0 Å². The Labute approximate surface area is 62.7 Å². The van der Waals surface area contributed by atoms with E-state index in [2.05, 4.69) is 6.92 Å². The molecule has 0 bridgehead atoms. The maximum Gasteiger partial charge on any atom is 0.332 e. The first-order chi connectivity index (χ1) is 4.93. The van der Waals surface area contributed by atoms with Gasteiger partial charge in [0.1, 0.15) is 0 Å². The highest BCUT2D eigenvalue weighted by atomic mass is 31.2. The van der Waals surface area contributed by atoms with Crippen LogP contribution in [0, 0.1) is 0 Å². The van der Waals surface area contributed by atoms with E-state index in [4.69, 9.17) is 13.6 Å². The first-order valence-corrected chi connectivity index (χ1v) is 4.72. The molecule has 0 aromatic heterocycles. The second-order valence-corrected chi connectivity index (χ2v) is 3.30. The Morgan fingerprint density at radius 1 is 1.40 bits per heavy atom. The molecule has 0 aromatic carbocycles. The topological polar surface area (TPSA) is 27.7 Å². The summed E-state index contributed by atoms with van der Waals surface area (Å²) in [7, 11) is -0.978. The van der Waals surface area contributed by atoms with Crippen LogP contribution in [0.4, 0.5) is 0 Å². The molecule has 1 aliphatic heterocycles. The van der Waals surface area contributed by atoms with Gasteiger partial charge in [0.15, 0.2) is 0 Å². The minimum atomic E-state index is -0.978. The molecule has 0 unspecified atom stereocenters. The second kappa shape index (κ2) is 5.03. The third-order valence-corrected chi connectivity index (χ3v) is 2.26. The summed E-state index contributed by atoms with van der Waals surface area (Å²) in [6, 6.07) is 0. The van der Waals surface area contributed by atoms with Gasteiger partial charge < -0.3 is 13.6 Å². The van der Waals surface area contributed by atoms with Crippen LogP contribution in [-0.2, 0) is 13.6 Å². The first-order valence-electron chi connectivity index (χ1n) is 3.62. The maximum atomic E-state index is 5.25. The van der Waals surface area contributed by atoms with E-state index < -0.39 is 8.60 Å². The van der Waals surface area contributed by atoms with Crippen LogP contribution in [0.15, 0.2) is 0 Å². The highest BCUT2D eigenvalue weighted by molar-refractivity contribution is 7.41. The van der Waals surface area contributed by atoms with Gasteiger partial charge in [0, 0.05) is 0 Å². The summed E-state index contributed by atoms with van der Waals surface area (Å²) in [4.78, 5) is 0. The number of hydrogen-bond acceptors (Lipinski definition) is 3. The lowest BCUT2D eigenvalue weighted by atomic mass is 10.5. The maximum absolute atomic E-state index is 5.25. The van der Waals surface area contributed by atoms with E-state index in [9.17, 15) is 0 Å². The van der Waals surface area contributed by atoms with Gasteiger partial charge in [0.05, 0.1) is 19.8 Å². The van der Waals surface area contributed by atoms with Crippen molar-refractivity contribution < 1.29 is 13.6 Å². The molecule has 0 spiro atoms. The zero-order valence-electron chi connectivity index (χ0n) is 6.21. The van der Waals surface area contributed by atoms with Gasteiger partial charge in [-0.1, -0.05) is 6.92 Å². The molecule has 1 rings (SSSR count). The molecule has 1 fully saturated rings. The Morgan fingerprint density at radius 2 is 2.10 bits per heavy atom. The Morgan fingerprint density at radius 3 is 2.70 bits per heavy atom. The predicted octanol–water partition coefficient (Wildman–Crippen LogP) is 2.08. The fourth-order valence-corrected chi connectivity index (χ4v) is 1.73. The zero-order chi connectivity index (χ0) is 7.23. The quantitative estimate of drug-likeness (QED) is 0.597. The minimum Gasteiger partial charge on any atom is -0.312 e. The van der Waals surface area contributed by atoms with E-state index in [-0.39, 0.29) is 0 Å². The second-order valence-electron chi connectivity index (χ2n) is 2.08. The van der Waals surface area contributed by atoms with Crippen molar-refractivity contribution in [2.24, 2.45) is 0 Å².